The lowest BCUT2D eigenvalue weighted by Crippen LogP contribution is -2.56. The van der Waals surface area contributed by atoms with Crippen molar-refractivity contribution in [1.82, 2.24) is 15.3 Å². The fourth-order valence-corrected chi connectivity index (χ4v) is 3.39. The number of nitrogens with one attached hydrogen (secondary N) is 1. The number of hydrogen-bond acceptors (Lipinski definition) is 5. The zero-order chi connectivity index (χ0) is 21.8. The molecule has 158 valence electrons. The first-order valence-electron chi connectivity index (χ1n) is 9.67. The molecule has 2 rings (SSSR count). The lowest BCUT2D eigenvalue weighted by atomic mass is 9.84. The van der Waals surface area contributed by atoms with E-state index in [9.17, 15) is 19.2 Å². The molecule has 1 aromatic rings. The van der Waals surface area contributed by atoms with Crippen LogP contribution in [0.25, 0.3) is 0 Å². The molecule has 0 spiro atoms. The second-order valence-corrected chi connectivity index (χ2v) is 8.18. The molecule has 0 bridgehead atoms. The van der Waals surface area contributed by atoms with E-state index in [1.807, 2.05) is 31.2 Å². The molecule has 1 aromatic carbocycles. The maximum Gasteiger partial charge on any atom is 0.267 e. The Morgan fingerprint density at radius 2 is 1.72 bits per heavy atom. The first kappa shape index (κ1) is 22.5. The highest BCUT2D eigenvalue weighted by Gasteiger charge is 2.39. The number of likely N-dealkylation sites (tertiary alicyclic amines) is 1. The van der Waals surface area contributed by atoms with Crippen LogP contribution < -0.4 is 5.48 Å². The molecule has 1 fully saturated rings. The molecule has 0 unspecified atom stereocenters. The third-order valence-corrected chi connectivity index (χ3v) is 5.45. The number of imide groups is 1. The van der Waals surface area contributed by atoms with E-state index < -0.39 is 17.4 Å². The van der Waals surface area contributed by atoms with Gasteiger partial charge in [0, 0.05) is 25.3 Å². The monoisotopic (exact) mass is 403 g/mol. The van der Waals surface area contributed by atoms with Crippen molar-refractivity contribution in [2.24, 2.45) is 5.41 Å². The molecule has 8 nitrogen and oxygen atoms in total. The maximum absolute atomic E-state index is 13.1. The van der Waals surface area contributed by atoms with Crippen molar-refractivity contribution >= 4 is 23.6 Å². The Labute approximate surface area is 170 Å². The minimum Gasteiger partial charge on any atom is -0.331 e. The SMILES string of the molecule is Cc1ccc(CCC(C)(C)C(=O)N(C)[C@H](CN2C(=O)CCC2=O)C(=O)NO)cc1. The molecule has 8 heteroatoms. The van der Waals surface area contributed by atoms with Crippen LogP contribution in [0.4, 0.5) is 0 Å². The van der Waals surface area contributed by atoms with Crippen molar-refractivity contribution < 1.29 is 24.4 Å². The molecule has 4 amide bonds. The van der Waals surface area contributed by atoms with Crippen molar-refractivity contribution in [3.8, 4) is 0 Å². The molecule has 0 aliphatic carbocycles. The van der Waals surface area contributed by atoms with Gasteiger partial charge in [-0.1, -0.05) is 43.7 Å². The molecule has 1 heterocycles. The minimum absolute atomic E-state index is 0.0893. The number of rotatable bonds is 8. The van der Waals surface area contributed by atoms with Crippen LogP contribution in [0.5, 0.6) is 0 Å². The highest BCUT2D eigenvalue weighted by molar-refractivity contribution is 6.02. The summed E-state index contributed by atoms with van der Waals surface area (Å²) in [6, 6.07) is 6.90. The number of hydroxylamine groups is 1. The van der Waals surface area contributed by atoms with Gasteiger partial charge in [0.15, 0.2) is 0 Å². The molecule has 1 aliphatic rings. The van der Waals surface area contributed by atoms with Gasteiger partial charge in [-0.25, -0.2) is 5.48 Å². The molecule has 1 saturated heterocycles. The molecule has 0 saturated carbocycles. The topological polar surface area (TPSA) is 107 Å². The Balaban J connectivity index is 2.11. The highest BCUT2D eigenvalue weighted by atomic mass is 16.5. The van der Waals surface area contributed by atoms with Crippen molar-refractivity contribution in [1.29, 1.82) is 0 Å². The van der Waals surface area contributed by atoms with Gasteiger partial charge in [-0.3, -0.25) is 29.3 Å². The third-order valence-electron chi connectivity index (χ3n) is 5.45. The largest absolute Gasteiger partial charge is 0.331 e. The van der Waals surface area contributed by atoms with E-state index in [4.69, 9.17) is 5.21 Å². The summed E-state index contributed by atoms with van der Waals surface area (Å²) < 4.78 is 0. The van der Waals surface area contributed by atoms with Gasteiger partial charge in [-0.2, -0.15) is 0 Å². The Morgan fingerprint density at radius 1 is 1.17 bits per heavy atom. The van der Waals surface area contributed by atoms with E-state index in [1.165, 1.54) is 17.4 Å². The van der Waals surface area contributed by atoms with E-state index in [-0.39, 0.29) is 37.1 Å². The number of hydrogen-bond donors (Lipinski definition) is 2. The van der Waals surface area contributed by atoms with Crippen molar-refractivity contribution in [2.45, 2.75) is 52.5 Å². The summed E-state index contributed by atoms with van der Waals surface area (Å²) in [6.45, 7) is 5.31. The fraction of sp³-hybridized carbons (Fsp3) is 0.524. The van der Waals surface area contributed by atoms with Crippen LogP contribution in [0, 0.1) is 12.3 Å². The molecule has 29 heavy (non-hydrogen) atoms. The quantitative estimate of drug-likeness (QED) is 0.388. The summed E-state index contributed by atoms with van der Waals surface area (Å²) in [7, 11) is 1.45. The molecule has 1 atom stereocenters. The number of carbonyl (C=O) groups is 4. The van der Waals surface area contributed by atoms with Crippen LogP contribution in [0.15, 0.2) is 24.3 Å². The summed E-state index contributed by atoms with van der Waals surface area (Å²) in [4.78, 5) is 51.3. The number of likely N-dealkylation sites (N-methyl/N-ethyl adjacent to an activating group) is 1. The number of benzene rings is 1. The summed E-state index contributed by atoms with van der Waals surface area (Å²) in [6.07, 6.45) is 1.42. The van der Waals surface area contributed by atoms with Crippen LogP contribution in [0.2, 0.25) is 0 Å². The second-order valence-electron chi connectivity index (χ2n) is 8.18. The molecule has 1 aliphatic heterocycles. The average Bonchev–Trinajstić information content (AvgIpc) is 3.01. The Bertz CT molecular complexity index is 772. The van der Waals surface area contributed by atoms with Crippen LogP contribution in [0.1, 0.15) is 44.2 Å². The molecule has 0 radical (unpaired) electrons. The van der Waals surface area contributed by atoms with Gasteiger partial charge in [-0.15, -0.1) is 0 Å². The Morgan fingerprint density at radius 3 is 2.24 bits per heavy atom. The van der Waals surface area contributed by atoms with E-state index in [1.54, 1.807) is 13.8 Å². The van der Waals surface area contributed by atoms with Crippen molar-refractivity contribution in [2.75, 3.05) is 13.6 Å². The first-order valence-corrected chi connectivity index (χ1v) is 9.67. The van der Waals surface area contributed by atoms with Crippen LogP contribution in [-0.2, 0) is 25.6 Å². The molecular weight excluding hydrogens is 374 g/mol. The minimum atomic E-state index is -1.17. The predicted octanol–water partition coefficient (Wildman–Crippen LogP) is 1.44. The summed E-state index contributed by atoms with van der Waals surface area (Å²) in [5.74, 6) is -1.92. The van der Waals surface area contributed by atoms with Crippen LogP contribution in [-0.4, -0.2) is 58.3 Å². The maximum atomic E-state index is 13.1. The Kier molecular flexibility index (Phi) is 7.13. The smallest absolute Gasteiger partial charge is 0.267 e. The number of carbonyl (C=O) groups excluding carboxylic acids is 4. The van der Waals surface area contributed by atoms with E-state index in [2.05, 4.69) is 0 Å². The first-order chi connectivity index (χ1) is 13.6. The fourth-order valence-electron chi connectivity index (χ4n) is 3.39. The second kappa shape index (κ2) is 9.17. The summed E-state index contributed by atoms with van der Waals surface area (Å²) in [5.41, 5.74) is 3.02. The zero-order valence-electron chi connectivity index (χ0n) is 17.4. The number of nitrogens with zero attached hydrogens (tertiary/aromatic N) is 2. The zero-order valence-corrected chi connectivity index (χ0v) is 17.4. The average molecular weight is 403 g/mol. The van der Waals surface area contributed by atoms with Crippen molar-refractivity contribution in [3.05, 3.63) is 35.4 Å². The van der Waals surface area contributed by atoms with Gasteiger partial charge in [0.25, 0.3) is 5.91 Å². The van der Waals surface area contributed by atoms with Crippen LogP contribution in [0.3, 0.4) is 0 Å². The van der Waals surface area contributed by atoms with Gasteiger partial charge < -0.3 is 4.90 Å². The Hall–Kier alpha value is -2.74. The van der Waals surface area contributed by atoms with E-state index >= 15 is 0 Å². The molecule has 0 aromatic heterocycles. The molecular formula is C21H29N3O5. The number of aryl methyl sites for hydroxylation is 2. The predicted molar refractivity (Wildman–Crippen MR) is 106 cm³/mol. The molecule has 2 N–H and O–H groups in total. The summed E-state index contributed by atoms with van der Waals surface area (Å²) in [5, 5.41) is 9.09. The van der Waals surface area contributed by atoms with Crippen LogP contribution >= 0.6 is 0 Å². The van der Waals surface area contributed by atoms with Crippen molar-refractivity contribution in [3.63, 3.8) is 0 Å². The van der Waals surface area contributed by atoms with Gasteiger partial charge in [-0.05, 0) is 25.3 Å². The van der Waals surface area contributed by atoms with E-state index in [0.29, 0.717) is 12.8 Å². The number of amides is 4. The van der Waals surface area contributed by atoms with Gasteiger partial charge in [0.1, 0.15) is 6.04 Å². The van der Waals surface area contributed by atoms with Gasteiger partial charge in [0.05, 0.1) is 6.54 Å². The van der Waals surface area contributed by atoms with E-state index in [0.717, 1.165) is 16.0 Å². The third kappa shape index (κ3) is 5.41. The van der Waals surface area contributed by atoms with Gasteiger partial charge in [0.2, 0.25) is 17.7 Å². The highest BCUT2D eigenvalue weighted by Crippen LogP contribution is 2.27. The summed E-state index contributed by atoms with van der Waals surface area (Å²) >= 11 is 0. The standard InChI is InChI=1S/C21H29N3O5/c1-14-5-7-15(8-6-14)11-12-21(2,3)20(28)23(4)16(19(27)22-29)13-24-17(25)9-10-18(24)26/h5-8,16,29H,9-13H2,1-4H3,(H,22,27)/t16-/m1/s1. The van der Waals surface area contributed by atoms with Gasteiger partial charge >= 0.3 is 0 Å². The lowest BCUT2D eigenvalue weighted by molar-refractivity contribution is -0.152. The lowest BCUT2D eigenvalue weighted by Gasteiger charge is -2.35. The normalized spacial score (nSPS) is 15.4.